The van der Waals surface area contributed by atoms with E-state index in [2.05, 4.69) is 32.6 Å². The van der Waals surface area contributed by atoms with Gasteiger partial charge in [-0.3, -0.25) is 0 Å². The van der Waals surface area contributed by atoms with E-state index in [-0.39, 0.29) is 24.5 Å². The van der Waals surface area contributed by atoms with Crippen molar-refractivity contribution in [3.05, 3.63) is 58.7 Å². The lowest BCUT2D eigenvalue weighted by molar-refractivity contribution is -0.180. The summed E-state index contributed by atoms with van der Waals surface area (Å²) in [5, 5.41) is 9.55. The number of hydrogen-bond acceptors (Lipinski definition) is 9. The Morgan fingerprint density at radius 1 is 0.945 bits per heavy atom. The zero-order valence-corrected chi connectivity index (χ0v) is 35.5. The number of carboxylic acid groups (broad SMARTS) is 1. The molecular weight excluding hydrogens is 741 g/mol. The van der Waals surface area contributed by atoms with Gasteiger partial charge in [-0.25, -0.2) is 14.5 Å². The van der Waals surface area contributed by atoms with Crippen molar-refractivity contribution in [1.29, 1.82) is 0 Å². The van der Waals surface area contributed by atoms with Crippen LogP contribution in [-0.4, -0.2) is 82.6 Å². The van der Waals surface area contributed by atoms with E-state index >= 15 is 0 Å². The molecule has 4 rings (SSSR count). The second kappa shape index (κ2) is 21.2. The second-order valence-electron chi connectivity index (χ2n) is 16.2. The summed E-state index contributed by atoms with van der Waals surface area (Å²) in [6.45, 7) is 15.4. The summed E-state index contributed by atoms with van der Waals surface area (Å²) in [6, 6.07) is 12.2. The number of hydrogen-bond donors (Lipinski definition) is 1. The molecule has 1 N–H and O–H groups in total. The van der Waals surface area contributed by atoms with Crippen molar-refractivity contribution >= 4 is 41.4 Å². The molecule has 1 atom stereocenters. The topological polar surface area (TPSA) is 141 Å². The van der Waals surface area contributed by atoms with Gasteiger partial charge >= 0.3 is 12.2 Å². The number of benzene rings is 2. The molecule has 0 bridgehead atoms. The number of aryl methyl sites for hydroxylation is 2. The lowest BCUT2D eigenvalue weighted by Crippen LogP contribution is -2.39. The molecule has 1 saturated heterocycles. The third-order valence-electron chi connectivity index (χ3n) is 9.70. The molecule has 0 aromatic heterocycles. The Hall–Kier alpha value is -3.43. The standard InChI is InChI=1S/C41H62N2O10SSi/c1-7-8-11-16-31-25-32(27-35(26-31)43(38(44)45)40(54(47)48)50-23-24-55(4,5)6)17-12-15-22-49-21-14-10-9-13-20-42-29-37(52-39(42)46)33-18-19-36-34(28-33)30-51-41(2,3)53-36/h18-19,25-28,37H,7-17,20-24,29-30H2,1-6H3,(H,44,45)/t37-/m0/s1. The first-order valence-electron chi connectivity index (χ1n) is 19.9. The van der Waals surface area contributed by atoms with Crippen LogP contribution in [-0.2, 0) is 48.7 Å². The van der Waals surface area contributed by atoms with Crippen LogP contribution in [0.5, 0.6) is 5.75 Å². The van der Waals surface area contributed by atoms with Gasteiger partial charge in [0.05, 0.1) is 25.4 Å². The number of rotatable bonds is 21. The summed E-state index contributed by atoms with van der Waals surface area (Å²) >= 11 is 0. The molecule has 12 nitrogen and oxygen atoms in total. The normalized spacial score (nSPS) is 16.4. The second-order valence-corrected chi connectivity index (χ2v) is 22.6. The Kier molecular flexibility index (Phi) is 17.1. The van der Waals surface area contributed by atoms with E-state index in [1.54, 1.807) is 17.0 Å². The molecule has 0 saturated carbocycles. The van der Waals surface area contributed by atoms with Gasteiger partial charge < -0.3 is 33.7 Å². The van der Waals surface area contributed by atoms with Crippen molar-refractivity contribution in [2.24, 2.45) is 0 Å². The molecule has 14 heteroatoms. The van der Waals surface area contributed by atoms with Gasteiger partial charge in [0.2, 0.25) is 5.79 Å². The minimum atomic E-state index is -2.87. The van der Waals surface area contributed by atoms with Crippen LogP contribution in [0.15, 0.2) is 36.4 Å². The summed E-state index contributed by atoms with van der Waals surface area (Å²) in [6.07, 6.45) is 8.13. The van der Waals surface area contributed by atoms with Crippen LogP contribution in [0.1, 0.15) is 107 Å². The summed E-state index contributed by atoms with van der Waals surface area (Å²) in [5.41, 5.74) is 4.13. The molecule has 2 aromatic rings. The van der Waals surface area contributed by atoms with Gasteiger partial charge in [-0.2, -0.15) is 8.42 Å². The fourth-order valence-corrected chi connectivity index (χ4v) is 7.81. The zero-order chi connectivity index (χ0) is 40.0. The van der Waals surface area contributed by atoms with E-state index in [1.807, 2.05) is 32.0 Å². The highest BCUT2D eigenvalue weighted by molar-refractivity contribution is 7.72. The fourth-order valence-electron chi connectivity index (χ4n) is 6.58. The van der Waals surface area contributed by atoms with Crippen LogP contribution in [0, 0.1) is 0 Å². The first kappa shape index (κ1) is 44.3. The number of unbranched alkanes of at least 4 members (excludes halogenated alkanes) is 6. The Bertz CT molecular complexity index is 1720. The lowest BCUT2D eigenvalue weighted by Gasteiger charge is -2.32. The van der Waals surface area contributed by atoms with Crippen LogP contribution < -0.4 is 9.64 Å². The molecule has 0 aliphatic carbocycles. The molecule has 55 heavy (non-hydrogen) atoms. The Balaban J connectivity index is 1.17. The Labute approximate surface area is 330 Å². The number of carbonyl (C=O) groups excluding carboxylic acids is 1. The highest BCUT2D eigenvalue weighted by Gasteiger charge is 2.34. The molecule has 2 amide bonds. The molecule has 0 unspecified atom stereocenters. The van der Waals surface area contributed by atoms with Gasteiger partial charge in [0.25, 0.3) is 15.5 Å². The Morgan fingerprint density at radius 3 is 2.27 bits per heavy atom. The quantitative estimate of drug-likeness (QED) is 0.0739. The van der Waals surface area contributed by atoms with E-state index in [0.717, 1.165) is 97.1 Å². The molecule has 1 fully saturated rings. The zero-order valence-electron chi connectivity index (χ0n) is 33.7. The maximum absolute atomic E-state index is 12.6. The molecule has 2 heterocycles. The van der Waals surface area contributed by atoms with E-state index in [4.69, 9.17) is 23.7 Å². The lowest BCUT2D eigenvalue weighted by atomic mass is 10.00. The third-order valence-corrected chi connectivity index (χ3v) is 12.0. The number of fused-ring (bicyclic) bond motifs is 1. The van der Waals surface area contributed by atoms with Crippen LogP contribution >= 0.6 is 0 Å². The van der Waals surface area contributed by atoms with Crippen molar-refractivity contribution in [2.45, 2.75) is 136 Å². The number of cyclic esters (lactones) is 1. The third kappa shape index (κ3) is 14.5. The first-order chi connectivity index (χ1) is 26.2. The van der Waals surface area contributed by atoms with E-state index in [9.17, 15) is 23.1 Å². The monoisotopic (exact) mass is 802 g/mol. The predicted molar refractivity (Wildman–Crippen MR) is 217 cm³/mol. The van der Waals surface area contributed by atoms with E-state index < -0.39 is 35.4 Å². The number of amides is 2. The van der Waals surface area contributed by atoms with Gasteiger partial charge in [0.15, 0.2) is 0 Å². The van der Waals surface area contributed by atoms with Gasteiger partial charge in [-0.15, -0.1) is 0 Å². The highest BCUT2D eigenvalue weighted by atomic mass is 32.2. The van der Waals surface area contributed by atoms with Crippen molar-refractivity contribution in [3.8, 4) is 5.75 Å². The van der Waals surface area contributed by atoms with Crippen molar-refractivity contribution in [2.75, 3.05) is 37.8 Å². The molecule has 2 aliphatic rings. The predicted octanol–water partition coefficient (Wildman–Crippen LogP) is 8.96. The van der Waals surface area contributed by atoms with Gasteiger partial charge in [-0.1, -0.05) is 64.4 Å². The summed E-state index contributed by atoms with van der Waals surface area (Å²) in [4.78, 5) is 27.5. The molecular formula is C41H62N2O10SSi. The molecule has 0 radical (unpaired) electrons. The largest absolute Gasteiger partial charge is 0.464 e. The smallest absolute Gasteiger partial charge is 0.418 e. The van der Waals surface area contributed by atoms with Crippen LogP contribution in [0.4, 0.5) is 15.3 Å². The average Bonchev–Trinajstić information content (AvgIpc) is 3.48. The van der Waals surface area contributed by atoms with E-state index in [1.165, 1.54) is 0 Å². The maximum Gasteiger partial charge on any atom is 0.418 e. The summed E-state index contributed by atoms with van der Waals surface area (Å²) in [7, 11) is -4.40. The number of ether oxygens (including phenoxy) is 5. The fraction of sp³-hybridized carbons (Fsp3) is 0.634. The van der Waals surface area contributed by atoms with Crippen LogP contribution in [0.3, 0.4) is 0 Å². The summed E-state index contributed by atoms with van der Waals surface area (Å²) < 4.78 is 53.3. The minimum Gasteiger partial charge on any atom is -0.464 e. The SMILES string of the molecule is CCCCCc1cc(CCCCOCCCCCCN2C[C@@H](c3ccc4c(c3)COC(C)(C)O4)OC2=O)cc(N(C(=O)O)C(OCC[Si](C)(C)C)=S(=O)=O)c1. The van der Waals surface area contributed by atoms with Crippen molar-refractivity contribution < 1.29 is 46.8 Å². The summed E-state index contributed by atoms with van der Waals surface area (Å²) in [5.74, 6) is 0.149. The van der Waals surface area contributed by atoms with E-state index in [0.29, 0.717) is 45.4 Å². The number of nitrogens with zero attached hydrogens (tertiary/aromatic N) is 2. The molecule has 306 valence electrons. The number of carbonyl (C=O) groups is 2. The highest BCUT2D eigenvalue weighted by Crippen LogP contribution is 2.35. The van der Waals surface area contributed by atoms with Crippen molar-refractivity contribution in [1.82, 2.24) is 4.90 Å². The average molecular weight is 803 g/mol. The molecule has 2 aromatic carbocycles. The minimum absolute atomic E-state index is 0.144. The van der Waals surface area contributed by atoms with Gasteiger partial charge in [0.1, 0.15) is 11.9 Å². The van der Waals surface area contributed by atoms with Gasteiger partial charge in [-0.05, 0) is 91.9 Å². The van der Waals surface area contributed by atoms with Crippen LogP contribution in [0.25, 0.3) is 0 Å². The van der Waals surface area contributed by atoms with Gasteiger partial charge in [0, 0.05) is 47.2 Å². The van der Waals surface area contributed by atoms with Crippen molar-refractivity contribution in [3.63, 3.8) is 0 Å². The Morgan fingerprint density at radius 2 is 1.62 bits per heavy atom. The first-order valence-corrected chi connectivity index (χ1v) is 24.7. The number of anilines is 1. The van der Waals surface area contributed by atoms with Crippen LogP contribution in [0.2, 0.25) is 25.7 Å². The molecule has 0 spiro atoms. The maximum atomic E-state index is 12.6. The molecule has 2 aliphatic heterocycles.